The fourth-order valence-electron chi connectivity index (χ4n) is 2.74. The normalized spacial score (nSPS) is 23.6. The van der Waals surface area contributed by atoms with E-state index in [2.05, 4.69) is 26.1 Å². The molecule has 2 atom stereocenters. The van der Waals surface area contributed by atoms with Gasteiger partial charge in [0.15, 0.2) is 0 Å². The molecule has 1 amide bonds. The summed E-state index contributed by atoms with van der Waals surface area (Å²) in [6.07, 6.45) is 3.11. The molecule has 0 spiro atoms. The first-order valence-corrected chi connectivity index (χ1v) is 7.18. The Morgan fingerprint density at radius 2 is 2.11 bits per heavy atom. The Hall–Kier alpha value is -0.610. The largest absolute Gasteiger partial charge is 0.383 e. The molecule has 1 fully saturated rings. The maximum absolute atomic E-state index is 12.6. The number of amides is 1. The van der Waals surface area contributed by atoms with E-state index < -0.39 is 0 Å². The van der Waals surface area contributed by atoms with Gasteiger partial charge in [0.25, 0.3) is 0 Å². The Labute approximate surface area is 111 Å². The number of nitrogens with zero attached hydrogens (tertiary/aromatic N) is 1. The lowest BCUT2D eigenvalue weighted by Gasteiger charge is -2.33. The number of nitrogens with one attached hydrogen (secondary N) is 1. The minimum absolute atomic E-state index is 0.00227. The molecule has 0 radical (unpaired) electrons. The summed E-state index contributed by atoms with van der Waals surface area (Å²) in [5.74, 6) is 0.697. The van der Waals surface area contributed by atoms with Crippen molar-refractivity contribution in [3.05, 3.63) is 0 Å². The van der Waals surface area contributed by atoms with Crippen molar-refractivity contribution in [3.63, 3.8) is 0 Å². The second-order valence-corrected chi connectivity index (χ2v) is 5.19. The van der Waals surface area contributed by atoms with Crippen LogP contribution in [0.2, 0.25) is 0 Å². The van der Waals surface area contributed by atoms with E-state index in [0.717, 1.165) is 25.8 Å². The molecule has 106 valence electrons. The molecule has 0 aromatic heterocycles. The number of hydrogen-bond acceptors (Lipinski definition) is 3. The van der Waals surface area contributed by atoms with Crippen LogP contribution in [-0.4, -0.2) is 49.7 Å². The molecule has 1 heterocycles. The summed E-state index contributed by atoms with van der Waals surface area (Å²) in [6.45, 7) is 8.72. The van der Waals surface area contributed by atoms with Crippen molar-refractivity contribution in [2.24, 2.45) is 5.92 Å². The zero-order chi connectivity index (χ0) is 13.5. The molecule has 1 aliphatic rings. The summed E-state index contributed by atoms with van der Waals surface area (Å²) >= 11 is 0. The Morgan fingerprint density at radius 3 is 2.56 bits per heavy atom. The van der Waals surface area contributed by atoms with Gasteiger partial charge < -0.3 is 15.0 Å². The number of carbonyl (C=O) groups excluding carboxylic acids is 1. The molecule has 0 aliphatic carbocycles. The van der Waals surface area contributed by atoms with Gasteiger partial charge in [0.2, 0.25) is 5.91 Å². The van der Waals surface area contributed by atoms with Crippen LogP contribution < -0.4 is 5.32 Å². The number of carbonyl (C=O) groups is 1. The predicted molar refractivity (Wildman–Crippen MR) is 73.5 cm³/mol. The molecule has 4 nitrogen and oxygen atoms in total. The first kappa shape index (κ1) is 15.4. The predicted octanol–water partition coefficient (Wildman–Crippen LogP) is 1.65. The fourth-order valence-corrected chi connectivity index (χ4v) is 2.74. The van der Waals surface area contributed by atoms with Crippen molar-refractivity contribution in [2.75, 3.05) is 26.8 Å². The molecule has 1 N–H and O–H groups in total. The van der Waals surface area contributed by atoms with E-state index in [-0.39, 0.29) is 11.9 Å². The monoisotopic (exact) mass is 256 g/mol. The van der Waals surface area contributed by atoms with Crippen molar-refractivity contribution in [3.8, 4) is 0 Å². The standard InChI is InChI=1S/C14H28N2O2/c1-5-12(6-2)16(9-10-18-4)14(17)13-11(3)7-8-15-13/h11-13,15H,5-10H2,1-4H3. The van der Waals surface area contributed by atoms with Crippen LogP contribution in [0.1, 0.15) is 40.0 Å². The molecule has 18 heavy (non-hydrogen) atoms. The highest BCUT2D eigenvalue weighted by Gasteiger charge is 2.34. The number of methoxy groups -OCH3 is 1. The van der Waals surface area contributed by atoms with Crippen molar-refractivity contribution >= 4 is 5.91 Å². The smallest absolute Gasteiger partial charge is 0.240 e. The van der Waals surface area contributed by atoms with E-state index in [9.17, 15) is 4.79 Å². The molecule has 1 rings (SSSR count). The van der Waals surface area contributed by atoms with Crippen LogP contribution in [0.15, 0.2) is 0 Å². The first-order valence-electron chi connectivity index (χ1n) is 7.18. The SMILES string of the molecule is CCC(CC)N(CCOC)C(=O)C1NCCC1C. The molecule has 1 aliphatic heterocycles. The lowest BCUT2D eigenvalue weighted by molar-refractivity contribution is -0.137. The van der Waals surface area contributed by atoms with Crippen LogP contribution in [-0.2, 0) is 9.53 Å². The molecule has 0 aromatic rings. The van der Waals surface area contributed by atoms with Gasteiger partial charge in [0, 0.05) is 19.7 Å². The van der Waals surface area contributed by atoms with E-state index in [1.54, 1.807) is 7.11 Å². The molecular weight excluding hydrogens is 228 g/mol. The van der Waals surface area contributed by atoms with Gasteiger partial charge in [-0.05, 0) is 31.7 Å². The third-order valence-corrected chi connectivity index (χ3v) is 4.00. The van der Waals surface area contributed by atoms with Gasteiger partial charge in [-0.25, -0.2) is 0 Å². The average Bonchev–Trinajstić information content (AvgIpc) is 2.80. The topological polar surface area (TPSA) is 41.6 Å². The van der Waals surface area contributed by atoms with Gasteiger partial charge in [-0.2, -0.15) is 0 Å². The third-order valence-electron chi connectivity index (χ3n) is 4.00. The summed E-state index contributed by atoms with van der Waals surface area (Å²) < 4.78 is 5.14. The van der Waals surface area contributed by atoms with Gasteiger partial charge in [-0.3, -0.25) is 4.79 Å². The van der Waals surface area contributed by atoms with Crippen LogP contribution >= 0.6 is 0 Å². The minimum atomic E-state index is 0.00227. The van der Waals surface area contributed by atoms with Crippen LogP contribution in [0, 0.1) is 5.92 Å². The van der Waals surface area contributed by atoms with Crippen LogP contribution in [0.25, 0.3) is 0 Å². The highest BCUT2D eigenvalue weighted by Crippen LogP contribution is 2.19. The molecule has 0 aromatic carbocycles. The molecule has 0 bridgehead atoms. The summed E-state index contributed by atoms with van der Waals surface area (Å²) in [6, 6.07) is 0.338. The van der Waals surface area contributed by atoms with Gasteiger partial charge in [0.05, 0.1) is 12.6 Å². The van der Waals surface area contributed by atoms with E-state index in [1.165, 1.54) is 0 Å². The van der Waals surface area contributed by atoms with Crippen molar-refractivity contribution in [1.82, 2.24) is 10.2 Å². The third kappa shape index (κ3) is 3.69. The maximum atomic E-state index is 12.6. The molecular formula is C14H28N2O2. The average molecular weight is 256 g/mol. The van der Waals surface area contributed by atoms with Crippen LogP contribution in [0.4, 0.5) is 0 Å². The van der Waals surface area contributed by atoms with Crippen molar-refractivity contribution < 1.29 is 9.53 Å². The fraction of sp³-hybridized carbons (Fsp3) is 0.929. The lowest BCUT2D eigenvalue weighted by atomic mass is 10.0. The van der Waals surface area contributed by atoms with Crippen LogP contribution in [0.3, 0.4) is 0 Å². The van der Waals surface area contributed by atoms with E-state index in [0.29, 0.717) is 25.1 Å². The van der Waals surface area contributed by atoms with E-state index in [1.807, 2.05) is 4.90 Å². The molecule has 4 heteroatoms. The quantitative estimate of drug-likeness (QED) is 0.753. The highest BCUT2D eigenvalue weighted by molar-refractivity contribution is 5.82. The molecule has 1 saturated heterocycles. The summed E-state index contributed by atoms with van der Waals surface area (Å²) in [5.41, 5.74) is 0. The summed E-state index contributed by atoms with van der Waals surface area (Å²) in [7, 11) is 1.69. The van der Waals surface area contributed by atoms with Gasteiger partial charge in [-0.15, -0.1) is 0 Å². The minimum Gasteiger partial charge on any atom is -0.383 e. The zero-order valence-corrected chi connectivity index (χ0v) is 12.2. The maximum Gasteiger partial charge on any atom is 0.240 e. The number of rotatable bonds is 7. The summed E-state index contributed by atoms with van der Waals surface area (Å²) in [5, 5.41) is 3.33. The Kier molecular flexibility index (Phi) is 6.65. The molecule has 0 saturated carbocycles. The zero-order valence-electron chi connectivity index (χ0n) is 12.2. The second kappa shape index (κ2) is 7.74. The van der Waals surface area contributed by atoms with Gasteiger partial charge in [-0.1, -0.05) is 20.8 Å². The second-order valence-electron chi connectivity index (χ2n) is 5.19. The number of ether oxygens (including phenoxy) is 1. The molecule has 2 unspecified atom stereocenters. The first-order chi connectivity index (χ1) is 8.65. The van der Waals surface area contributed by atoms with Crippen molar-refractivity contribution in [2.45, 2.75) is 52.1 Å². The van der Waals surface area contributed by atoms with Gasteiger partial charge in [0.1, 0.15) is 0 Å². The Bertz CT molecular complexity index is 254. The van der Waals surface area contributed by atoms with E-state index in [4.69, 9.17) is 4.74 Å². The Balaban J connectivity index is 2.70. The van der Waals surface area contributed by atoms with Gasteiger partial charge >= 0.3 is 0 Å². The number of hydrogen-bond donors (Lipinski definition) is 1. The van der Waals surface area contributed by atoms with Crippen molar-refractivity contribution in [1.29, 1.82) is 0 Å². The summed E-state index contributed by atoms with van der Waals surface area (Å²) in [4.78, 5) is 14.6. The Morgan fingerprint density at radius 1 is 1.44 bits per heavy atom. The lowest BCUT2D eigenvalue weighted by Crippen LogP contribution is -2.51. The highest BCUT2D eigenvalue weighted by atomic mass is 16.5. The van der Waals surface area contributed by atoms with Crippen LogP contribution in [0.5, 0.6) is 0 Å². The van der Waals surface area contributed by atoms with E-state index >= 15 is 0 Å².